The minimum atomic E-state index is -0.232. The quantitative estimate of drug-likeness (QED) is 0.727. The monoisotopic (exact) mass is 340 g/mol. The number of hydrogen-bond acceptors (Lipinski definition) is 5. The van der Waals surface area contributed by atoms with Gasteiger partial charge in [-0.3, -0.25) is 9.59 Å². The SMILES string of the molecule is CC(=O)Nc1sc2c(c1C(=O)N(CCO)CCO)CCC(C)C2. The van der Waals surface area contributed by atoms with E-state index in [0.717, 1.165) is 29.7 Å². The number of carbonyl (C=O) groups excluding carboxylic acids is 2. The molecule has 6 nitrogen and oxygen atoms in total. The summed E-state index contributed by atoms with van der Waals surface area (Å²) >= 11 is 1.47. The number of hydrogen-bond donors (Lipinski definition) is 3. The second-order valence-electron chi connectivity index (χ2n) is 5.98. The van der Waals surface area contributed by atoms with Gasteiger partial charge in [-0.1, -0.05) is 6.92 Å². The van der Waals surface area contributed by atoms with Crippen LogP contribution in [0.15, 0.2) is 0 Å². The molecule has 2 amide bonds. The van der Waals surface area contributed by atoms with E-state index >= 15 is 0 Å². The maximum atomic E-state index is 12.9. The molecule has 1 unspecified atom stereocenters. The summed E-state index contributed by atoms with van der Waals surface area (Å²) in [5, 5.41) is 21.7. The molecule has 1 aliphatic rings. The molecule has 1 aromatic heterocycles. The van der Waals surface area contributed by atoms with Crippen LogP contribution >= 0.6 is 11.3 Å². The number of amides is 2. The van der Waals surface area contributed by atoms with Crippen molar-refractivity contribution >= 4 is 28.2 Å². The van der Waals surface area contributed by atoms with Crippen molar-refractivity contribution < 1.29 is 19.8 Å². The van der Waals surface area contributed by atoms with Crippen molar-refractivity contribution in [1.82, 2.24) is 4.90 Å². The van der Waals surface area contributed by atoms with Gasteiger partial charge in [0.15, 0.2) is 0 Å². The molecule has 0 aliphatic heterocycles. The molecule has 0 bridgehead atoms. The third-order valence-electron chi connectivity index (χ3n) is 4.04. The summed E-state index contributed by atoms with van der Waals surface area (Å²) in [7, 11) is 0. The van der Waals surface area contributed by atoms with Crippen LogP contribution in [0.3, 0.4) is 0 Å². The summed E-state index contributed by atoms with van der Waals surface area (Å²) in [6.07, 6.45) is 2.75. The second kappa shape index (κ2) is 7.90. The Bertz CT molecular complexity index is 579. The summed E-state index contributed by atoms with van der Waals surface area (Å²) in [6.45, 7) is 3.62. The first-order valence-corrected chi connectivity index (χ1v) is 8.72. The summed E-state index contributed by atoms with van der Waals surface area (Å²) < 4.78 is 0. The van der Waals surface area contributed by atoms with Crippen molar-refractivity contribution in [3.63, 3.8) is 0 Å². The first-order chi connectivity index (χ1) is 11.0. The zero-order valence-electron chi connectivity index (χ0n) is 13.6. The third kappa shape index (κ3) is 4.10. The van der Waals surface area contributed by atoms with Gasteiger partial charge >= 0.3 is 0 Å². The number of rotatable bonds is 6. The normalized spacial score (nSPS) is 16.8. The fraction of sp³-hybridized carbons (Fsp3) is 0.625. The lowest BCUT2D eigenvalue weighted by Gasteiger charge is -2.23. The van der Waals surface area contributed by atoms with E-state index in [4.69, 9.17) is 10.2 Å². The Morgan fingerprint density at radius 2 is 1.96 bits per heavy atom. The van der Waals surface area contributed by atoms with Crippen LogP contribution < -0.4 is 5.32 Å². The summed E-state index contributed by atoms with van der Waals surface area (Å²) in [4.78, 5) is 27.0. The van der Waals surface area contributed by atoms with Crippen LogP contribution in [0, 0.1) is 5.92 Å². The van der Waals surface area contributed by atoms with Gasteiger partial charge in [0.1, 0.15) is 5.00 Å². The Kier molecular flexibility index (Phi) is 6.15. The lowest BCUT2D eigenvalue weighted by Crippen LogP contribution is -2.36. The van der Waals surface area contributed by atoms with Gasteiger partial charge in [-0.05, 0) is 30.7 Å². The Hall–Kier alpha value is -1.44. The summed E-state index contributed by atoms with van der Waals surface area (Å²) in [6, 6.07) is 0. The van der Waals surface area contributed by atoms with Crippen LogP contribution in [0.25, 0.3) is 0 Å². The van der Waals surface area contributed by atoms with Crippen LogP contribution in [-0.4, -0.2) is 53.2 Å². The lowest BCUT2D eigenvalue weighted by atomic mass is 9.88. The van der Waals surface area contributed by atoms with Gasteiger partial charge in [0.25, 0.3) is 5.91 Å². The van der Waals surface area contributed by atoms with Crippen molar-refractivity contribution in [2.45, 2.75) is 33.1 Å². The molecule has 1 atom stereocenters. The number of carbonyl (C=O) groups is 2. The van der Waals surface area contributed by atoms with Crippen LogP contribution in [0.1, 0.15) is 41.1 Å². The highest BCUT2D eigenvalue weighted by atomic mass is 32.1. The topological polar surface area (TPSA) is 89.9 Å². The van der Waals surface area contributed by atoms with E-state index in [2.05, 4.69) is 12.2 Å². The molecule has 3 N–H and O–H groups in total. The average Bonchev–Trinajstić information content (AvgIpc) is 2.82. The highest BCUT2D eigenvalue weighted by molar-refractivity contribution is 7.17. The van der Waals surface area contributed by atoms with Crippen LogP contribution in [0.5, 0.6) is 0 Å². The molecule has 1 aromatic rings. The van der Waals surface area contributed by atoms with Crippen LogP contribution in [0.2, 0.25) is 0 Å². The summed E-state index contributed by atoms with van der Waals surface area (Å²) in [5.74, 6) is 0.130. The maximum Gasteiger partial charge on any atom is 0.257 e. The van der Waals surface area contributed by atoms with Crippen molar-refractivity contribution in [2.24, 2.45) is 5.92 Å². The molecule has 0 fully saturated rings. The molecule has 2 rings (SSSR count). The number of anilines is 1. The minimum Gasteiger partial charge on any atom is -0.395 e. The average molecular weight is 340 g/mol. The lowest BCUT2D eigenvalue weighted by molar-refractivity contribution is -0.114. The predicted octanol–water partition coefficient (Wildman–Crippen LogP) is 1.26. The Morgan fingerprint density at radius 3 is 2.52 bits per heavy atom. The zero-order valence-corrected chi connectivity index (χ0v) is 14.4. The molecule has 0 saturated heterocycles. The Morgan fingerprint density at radius 1 is 1.30 bits per heavy atom. The number of fused-ring (bicyclic) bond motifs is 1. The Labute approximate surface area is 140 Å². The smallest absolute Gasteiger partial charge is 0.257 e. The van der Waals surface area contributed by atoms with Crippen molar-refractivity contribution in [3.8, 4) is 0 Å². The minimum absolute atomic E-state index is 0.162. The molecule has 128 valence electrons. The molecule has 23 heavy (non-hydrogen) atoms. The third-order valence-corrected chi connectivity index (χ3v) is 5.21. The van der Waals surface area contributed by atoms with Gasteiger partial charge in [0.2, 0.25) is 5.91 Å². The van der Waals surface area contributed by atoms with Crippen molar-refractivity contribution in [3.05, 3.63) is 16.0 Å². The predicted molar refractivity (Wildman–Crippen MR) is 89.9 cm³/mol. The molecule has 0 spiro atoms. The molecule has 0 saturated carbocycles. The number of aliphatic hydroxyl groups excluding tert-OH is 2. The van der Waals surface area contributed by atoms with E-state index in [9.17, 15) is 9.59 Å². The Balaban J connectivity index is 2.41. The van der Waals surface area contributed by atoms with E-state index in [-0.39, 0.29) is 38.1 Å². The van der Waals surface area contributed by atoms with E-state index in [0.29, 0.717) is 16.5 Å². The van der Waals surface area contributed by atoms with Gasteiger partial charge in [-0.25, -0.2) is 0 Å². The van der Waals surface area contributed by atoms with Crippen molar-refractivity contribution in [1.29, 1.82) is 0 Å². The number of nitrogens with one attached hydrogen (secondary N) is 1. The fourth-order valence-corrected chi connectivity index (χ4v) is 4.39. The molecule has 1 heterocycles. The fourth-order valence-electron chi connectivity index (χ4n) is 2.94. The van der Waals surface area contributed by atoms with Gasteiger partial charge in [0.05, 0.1) is 18.8 Å². The van der Waals surface area contributed by atoms with Gasteiger partial charge in [0, 0.05) is 24.9 Å². The summed E-state index contributed by atoms with van der Waals surface area (Å²) in [5.41, 5.74) is 1.55. The van der Waals surface area contributed by atoms with Gasteiger partial charge in [-0.15, -0.1) is 11.3 Å². The molecular weight excluding hydrogens is 316 g/mol. The molecule has 1 aliphatic carbocycles. The number of nitrogens with zero attached hydrogens (tertiary/aromatic N) is 1. The number of aliphatic hydroxyl groups is 2. The maximum absolute atomic E-state index is 12.9. The van der Waals surface area contributed by atoms with Crippen LogP contribution in [0.4, 0.5) is 5.00 Å². The first-order valence-electron chi connectivity index (χ1n) is 7.91. The van der Waals surface area contributed by atoms with E-state index in [1.165, 1.54) is 23.2 Å². The zero-order chi connectivity index (χ0) is 17.0. The molecular formula is C16H24N2O4S. The van der Waals surface area contributed by atoms with Crippen molar-refractivity contribution in [2.75, 3.05) is 31.6 Å². The van der Waals surface area contributed by atoms with Gasteiger partial charge < -0.3 is 20.4 Å². The van der Waals surface area contributed by atoms with E-state index < -0.39 is 0 Å². The van der Waals surface area contributed by atoms with E-state index in [1.807, 2.05) is 0 Å². The molecule has 0 aromatic carbocycles. The second-order valence-corrected chi connectivity index (χ2v) is 7.08. The number of thiophene rings is 1. The van der Waals surface area contributed by atoms with Gasteiger partial charge in [-0.2, -0.15) is 0 Å². The standard InChI is InChI=1S/C16H24N2O4S/c1-10-3-4-12-13(9-10)23-15(17-11(2)21)14(12)16(22)18(5-7-19)6-8-20/h10,19-20H,3-9H2,1-2H3,(H,17,21). The highest BCUT2D eigenvalue weighted by Crippen LogP contribution is 2.40. The largest absolute Gasteiger partial charge is 0.395 e. The molecule has 0 radical (unpaired) electrons. The van der Waals surface area contributed by atoms with E-state index in [1.54, 1.807) is 0 Å². The first kappa shape index (κ1) is 17.9. The van der Waals surface area contributed by atoms with Crippen LogP contribution in [-0.2, 0) is 17.6 Å². The molecule has 7 heteroatoms. The highest BCUT2D eigenvalue weighted by Gasteiger charge is 2.30.